The Morgan fingerprint density at radius 3 is 2.58 bits per heavy atom. The Hall–Kier alpha value is -3.39. The molecule has 1 saturated heterocycles. The standard InChI is InChI=1S/C28H33N7O2S/c1-27(2,3)38(37)34-24-22-7-5-4-6-19(22)16-28(24)11-14-35(15-12-28)25-23(18-36)32-21(17-31-25)9-8-20-10-13-30-26(29)33-20/h4-7,10,13,17,24,34,36H,11-12,14-16,18H2,1-3H3,(H2,29,30,33)/t24-,38?/m1/s1. The number of aliphatic hydroxyl groups is 1. The van der Waals surface area contributed by atoms with Gasteiger partial charge in [-0.05, 0) is 74.5 Å². The fraction of sp³-hybridized carbons (Fsp3) is 0.429. The van der Waals surface area contributed by atoms with Crippen LogP contribution in [0.15, 0.2) is 42.7 Å². The topological polar surface area (TPSA) is 130 Å². The van der Waals surface area contributed by atoms with Crippen LogP contribution in [0.4, 0.5) is 11.8 Å². The van der Waals surface area contributed by atoms with Gasteiger partial charge in [-0.15, -0.1) is 0 Å². The molecule has 1 unspecified atom stereocenters. The molecule has 2 aromatic heterocycles. The van der Waals surface area contributed by atoms with Crippen LogP contribution in [0, 0.1) is 17.3 Å². The highest BCUT2D eigenvalue weighted by molar-refractivity contribution is 7.84. The normalized spacial score (nSPS) is 19.1. The second-order valence-electron chi connectivity index (χ2n) is 10.9. The number of nitrogen functional groups attached to an aromatic ring is 1. The summed E-state index contributed by atoms with van der Waals surface area (Å²) in [7, 11) is -1.18. The van der Waals surface area contributed by atoms with E-state index < -0.39 is 11.0 Å². The van der Waals surface area contributed by atoms with E-state index in [4.69, 9.17) is 5.73 Å². The number of benzene rings is 1. The first-order valence-corrected chi connectivity index (χ1v) is 13.9. The molecule has 2 atom stereocenters. The van der Waals surface area contributed by atoms with E-state index in [1.54, 1.807) is 18.5 Å². The zero-order chi connectivity index (χ0) is 26.9. The lowest BCUT2D eigenvalue weighted by Gasteiger charge is -2.44. The highest BCUT2D eigenvalue weighted by Gasteiger charge is 2.49. The Morgan fingerprint density at radius 1 is 1.13 bits per heavy atom. The number of anilines is 2. The molecule has 0 amide bonds. The molecule has 1 spiro atoms. The third-order valence-corrected chi connectivity index (χ3v) is 8.89. The Labute approximate surface area is 225 Å². The summed E-state index contributed by atoms with van der Waals surface area (Å²) in [6, 6.07) is 10.2. The van der Waals surface area contributed by atoms with E-state index in [1.807, 2.05) is 20.8 Å². The quantitative estimate of drug-likeness (QED) is 0.438. The molecule has 3 aromatic rings. The van der Waals surface area contributed by atoms with E-state index in [1.165, 1.54) is 11.1 Å². The summed E-state index contributed by atoms with van der Waals surface area (Å²) in [6.07, 6.45) is 5.94. The van der Waals surface area contributed by atoms with E-state index in [9.17, 15) is 9.32 Å². The second-order valence-corrected chi connectivity index (χ2v) is 12.9. The predicted octanol–water partition coefficient (Wildman–Crippen LogP) is 2.68. The monoisotopic (exact) mass is 531 g/mol. The molecule has 1 aromatic carbocycles. The van der Waals surface area contributed by atoms with Gasteiger partial charge in [0, 0.05) is 19.3 Å². The summed E-state index contributed by atoms with van der Waals surface area (Å²) in [4.78, 5) is 19.3. The van der Waals surface area contributed by atoms with Crippen LogP contribution >= 0.6 is 0 Å². The van der Waals surface area contributed by atoms with Gasteiger partial charge in [0.15, 0.2) is 5.82 Å². The van der Waals surface area contributed by atoms with Crippen LogP contribution in [-0.2, 0) is 24.0 Å². The van der Waals surface area contributed by atoms with Gasteiger partial charge in [-0.3, -0.25) is 0 Å². The van der Waals surface area contributed by atoms with Gasteiger partial charge >= 0.3 is 0 Å². The molecule has 4 N–H and O–H groups in total. The molecule has 5 rings (SSSR count). The lowest BCUT2D eigenvalue weighted by Crippen LogP contribution is -2.48. The van der Waals surface area contributed by atoms with Crippen molar-refractivity contribution in [1.82, 2.24) is 24.7 Å². The smallest absolute Gasteiger partial charge is 0.221 e. The maximum atomic E-state index is 13.1. The van der Waals surface area contributed by atoms with Crippen molar-refractivity contribution in [1.29, 1.82) is 0 Å². The number of aromatic nitrogens is 4. The molecule has 0 saturated carbocycles. The van der Waals surface area contributed by atoms with Crippen molar-refractivity contribution >= 4 is 22.8 Å². The van der Waals surface area contributed by atoms with Gasteiger partial charge in [0.25, 0.3) is 0 Å². The molecule has 0 radical (unpaired) electrons. The van der Waals surface area contributed by atoms with Crippen molar-refractivity contribution in [3.8, 4) is 11.8 Å². The first-order valence-electron chi connectivity index (χ1n) is 12.8. The highest BCUT2D eigenvalue weighted by atomic mass is 32.2. The summed E-state index contributed by atoms with van der Waals surface area (Å²) in [5, 5.41) is 10.1. The summed E-state index contributed by atoms with van der Waals surface area (Å²) < 4.78 is 16.3. The average molecular weight is 532 g/mol. The van der Waals surface area contributed by atoms with Crippen LogP contribution in [0.5, 0.6) is 0 Å². The number of nitrogens with one attached hydrogen (secondary N) is 1. The van der Waals surface area contributed by atoms with E-state index in [-0.39, 0.29) is 28.8 Å². The van der Waals surface area contributed by atoms with E-state index in [0.29, 0.717) is 22.9 Å². The lowest BCUT2D eigenvalue weighted by atomic mass is 9.73. The second kappa shape index (κ2) is 10.4. The van der Waals surface area contributed by atoms with Crippen LogP contribution in [-0.4, -0.2) is 47.1 Å². The number of hydrogen-bond acceptors (Lipinski definition) is 8. The molecule has 1 aliphatic heterocycles. The fourth-order valence-corrected chi connectivity index (χ4v) is 6.26. The molecular weight excluding hydrogens is 498 g/mol. The summed E-state index contributed by atoms with van der Waals surface area (Å²) in [5.74, 6) is 6.69. The third kappa shape index (κ3) is 5.27. The predicted molar refractivity (Wildman–Crippen MR) is 148 cm³/mol. The van der Waals surface area contributed by atoms with Gasteiger partial charge in [0.2, 0.25) is 5.95 Å². The molecule has 2 aliphatic rings. The summed E-state index contributed by atoms with van der Waals surface area (Å²) in [6.45, 7) is 7.29. The zero-order valence-electron chi connectivity index (χ0n) is 21.9. The Bertz CT molecular complexity index is 1420. The molecule has 3 heterocycles. The van der Waals surface area contributed by atoms with Gasteiger partial charge < -0.3 is 15.7 Å². The van der Waals surface area contributed by atoms with Gasteiger partial charge in [-0.2, -0.15) is 0 Å². The van der Waals surface area contributed by atoms with Crippen LogP contribution in [0.2, 0.25) is 0 Å². The van der Waals surface area contributed by atoms with Gasteiger partial charge in [-0.1, -0.05) is 24.3 Å². The maximum Gasteiger partial charge on any atom is 0.221 e. The number of piperidine rings is 1. The van der Waals surface area contributed by atoms with Crippen molar-refractivity contribution in [3.63, 3.8) is 0 Å². The van der Waals surface area contributed by atoms with Crippen LogP contribution in [0.1, 0.15) is 67.9 Å². The molecular formula is C28H33N7O2S. The Morgan fingerprint density at radius 2 is 1.87 bits per heavy atom. The minimum absolute atomic E-state index is 0.0257. The highest BCUT2D eigenvalue weighted by Crippen LogP contribution is 2.52. The van der Waals surface area contributed by atoms with Gasteiger partial charge in [0.05, 0.1) is 34.6 Å². The molecule has 9 nitrogen and oxygen atoms in total. The van der Waals surface area contributed by atoms with Crippen LogP contribution < -0.4 is 15.4 Å². The lowest BCUT2D eigenvalue weighted by molar-refractivity contribution is 0.177. The van der Waals surface area contributed by atoms with Crippen molar-refractivity contribution < 1.29 is 9.32 Å². The third-order valence-electron chi connectivity index (χ3n) is 7.33. The molecule has 0 bridgehead atoms. The number of fused-ring (bicyclic) bond motifs is 1. The van der Waals surface area contributed by atoms with Crippen molar-refractivity contribution in [2.45, 2.75) is 57.4 Å². The number of rotatable bonds is 4. The SMILES string of the molecule is CC(C)(C)S(=O)N[C@@H]1c2ccccc2CC12CCN(c1ncc(C#Cc3ccnc(N)n3)nc1CO)CC2. The largest absolute Gasteiger partial charge is 0.390 e. The summed E-state index contributed by atoms with van der Waals surface area (Å²) in [5.41, 5.74) is 9.60. The zero-order valence-corrected chi connectivity index (χ0v) is 22.8. The van der Waals surface area contributed by atoms with Crippen molar-refractivity contribution in [2.24, 2.45) is 5.41 Å². The maximum absolute atomic E-state index is 13.1. The fourth-order valence-electron chi connectivity index (χ4n) is 5.31. The Kier molecular flexibility index (Phi) is 7.18. The van der Waals surface area contributed by atoms with E-state index in [0.717, 1.165) is 32.4 Å². The number of aliphatic hydroxyl groups excluding tert-OH is 1. The van der Waals surface area contributed by atoms with Crippen LogP contribution in [0.3, 0.4) is 0 Å². The van der Waals surface area contributed by atoms with Gasteiger partial charge in [-0.25, -0.2) is 28.9 Å². The number of nitrogens with zero attached hydrogens (tertiary/aromatic N) is 5. The number of hydrogen-bond donors (Lipinski definition) is 3. The summed E-state index contributed by atoms with van der Waals surface area (Å²) >= 11 is 0. The Balaban J connectivity index is 1.35. The molecule has 1 fully saturated rings. The van der Waals surface area contributed by atoms with Crippen molar-refractivity contribution in [2.75, 3.05) is 23.7 Å². The molecule has 38 heavy (non-hydrogen) atoms. The van der Waals surface area contributed by atoms with Gasteiger partial charge in [0.1, 0.15) is 17.1 Å². The van der Waals surface area contributed by atoms with Crippen molar-refractivity contribution in [3.05, 3.63) is 70.9 Å². The minimum atomic E-state index is -1.18. The molecule has 10 heteroatoms. The molecule has 198 valence electrons. The average Bonchev–Trinajstić information content (AvgIpc) is 3.19. The van der Waals surface area contributed by atoms with E-state index in [2.05, 4.69) is 65.7 Å². The number of nitrogens with two attached hydrogens (primary N) is 1. The first-order chi connectivity index (χ1) is 18.2. The van der Waals surface area contributed by atoms with Crippen LogP contribution in [0.25, 0.3) is 0 Å². The minimum Gasteiger partial charge on any atom is -0.390 e. The molecule has 1 aliphatic carbocycles. The first kappa shape index (κ1) is 26.2. The van der Waals surface area contributed by atoms with E-state index >= 15 is 0 Å².